The number of hydrogen-bond acceptors (Lipinski definition) is 4. The highest BCUT2D eigenvalue weighted by atomic mass is 35.5. The van der Waals surface area contributed by atoms with Crippen molar-refractivity contribution in [2.45, 2.75) is 18.2 Å². The van der Waals surface area contributed by atoms with E-state index in [4.69, 9.17) is 16.3 Å². The molecule has 0 radical (unpaired) electrons. The van der Waals surface area contributed by atoms with Crippen LogP contribution in [0, 0.1) is 0 Å². The fourth-order valence-electron chi connectivity index (χ4n) is 2.89. The molecule has 0 aromatic heterocycles. The summed E-state index contributed by atoms with van der Waals surface area (Å²) in [5.74, 6) is -0.288. The van der Waals surface area contributed by atoms with E-state index >= 15 is 0 Å². The van der Waals surface area contributed by atoms with Crippen molar-refractivity contribution >= 4 is 46.9 Å². The van der Waals surface area contributed by atoms with Crippen LogP contribution in [0.15, 0.2) is 52.3 Å². The second-order valence-electron chi connectivity index (χ2n) is 6.49. The van der Waals surface area contributed by atoms with Crippen LogP contribution in [0.3, 0.4) is 0 Å². The lowest BCUT2D eigenvalue weighted by molar-refractivity contribution is -0.114. The molecule has 0 saturated carbocycles. The van der Waals surface area contributed by atoms with Crippen molar-refractivity contribution in [3.05, 3.63) is 63.5 Å². The molecule has 1 heterocycles. The van der Waals surface area contributed by atoms with Gasteiger partial charge in [0.25, 0.3) is 11.8 Å². The predicted molar refractivity (Wildman–Crippen MR) is 119 cm³/mol. The number of thioether (sulfide) groups is 1. The highest BCUT2D eigenvalue weighted by Gasteiger charge is 2.27. The van der Waals surface area contributed by atoms with Gasteiger partial charge >= 0.3 is 0 Å². The van der Waals surface area contributed by atoms with E-state index in [1.807, 2.05) is 31.2 Å². The third-order valence-corrected chi connectivity index (χ3v) is 5.89. The highest BCUT2D eigenvalue weighted by molar-refractivity contribution is 8.04. The van der Waals surface area contributed by atoms with Crippen LogP contribution in [-0.4, -0.2) is 38.6 Å². The van der Waals surface area contributed by atoms with Crippen LogP contribution < -0.4 is 10.2 Å². The monoisotopic (exact) mass is 430 g/mol. The van der Waals surface area contributed by atoms with Crippen LogP contribution in [0.1, 0.15) is 29.3 Å². The highest BCUT2D eigenvalue weighted by Crippen LogP contribution is 2.42. The molecule has 152 valence electrons. The van der Waals surface area contributed by atoms with Gasteiger partial charge in [0.2, 0.25) is 0 Å². The average Bonchev–Trinajstić information content (AvgIpc) is 2.73. The van der Waals surface area contributed by atoms with E-state index in [1.165, 1.54) is 11.8 Å². The van der Waals surface area contributed by atoms with E-state index in [0.717, 1.165) is 22.6 Å². The quantitative estimate of drug-likeness (QED) is 0.515. The molecule has 5 nitrogen and oxygen atoms in total. The minimum absolute atomic E-state index is 0.128. The van der Waals surface area contributed by atoms with Gasteiger partial charge in [0.1, 0.15) is 0 Å². The number of likely N-dealkylation sites (N-methyl/N-ethyl adjacent to an activating group) is 1. The number of hydrogen-bond donors (Lipinski definition) is 1. The van der Waals surface area contributed by atoms with Gasteiger partial charge in [-0.15, -0.1) is 0 Å². The molecule has 0 aliphatic carbocycles. The van der Waals surface area contributed by atoms with Crippen molar-refractivity contribution in [1.29, 1.82) is 0 Å². The first-order chi connectivity index (χ1) is 14.0. The van der Waals surface area contributed by atoms with E-state index in [0.29, 0.717) is 35.2 Å². The fraction of sp³-hybridized carbons (Fsp3) is 0.273. The maximum absolute atomic E-state index is 12.8. The molecule has 0 fully saturated rings. The molecule has 0 unspecified atom stereocenters. The summed E-state index contributed by atoms with van der Waals surface area (Å²) in [4.78, 5) is 28.3. The Bertz CT molecular complexity index is 945. The Morgan fingerprint density at radius 1 is 1.28 bits per heavy atom. The van der Waals surface area contributed by atoms with Crippen molar-refractivity contribution in [3.63, 3.8) is 0 Å². The second-order valence-corrected chi connectivity index (χ2v) is 7.98. The van der Waals surface area contributed by atoms with Crippen molar-refractivity contribution in [2.75, 3.05) is 31.7 Å². The van der Waals surface area contributed by atoms with Gasteiger partial charge in [-0.2, -0.15) is 0 Å². The molecule has 0 atom stereocenters. The number of carbonyl (C=O) groups is 2. The topological polar surface area (TPSA) is 58.6 Å². The normalized spacial score (nSPS) is 14.8. The van der Waals surface area contributed by atoms with E-state index in [9.17, 15) is 9.59 Å². The van der Waals surface area contributed by atoms with Crippen LogP contribution in [0.2, 0.25) is 5.02 Å². The molecule has 7 heteroatoms. The van der Waals surface area contributed by atoms with Gasteiger partial charge in [-0.05, 0) is 49.2 Å². The summed E-state index contributed by atoms with van der Waals surface area (Å²) in [5, 5.41) is 3.48. The Hall–Kier alpha value is -2.28. The minimum atomic E-state index is -0.160. The lowest BCUT2D eigenvalue weighted by Crippen LogP contribution is -2.31. The van der Waals surface area contributed by atoms with Crippen LogP contribution in [0.25, 0.3) is 6.08 Å². The van der Waals surface area contributed by atoms with Crippen LogP contribution >= 0.6 is 23.4 Å². The average molecular weight is 431 g/mol. The molecular weight excluding hydrogens is 408 g/mol. The van der Waals surface area contributed by atoms with Crippen molar-refractivity contribution < 1.29 is 14.3 Å². The Kier molecular flexibility index (Phi) is 7.36. The van der Waals surface area contributed by atoms with Crippen molar-refractivity contribution in [1.82, 2.24) is 5.32 Å². The molecule has 2 aromatic carbocycles. The van der Waals surface area contributed by atoms with Crippen LogP contribution in [0.4, 0.5) is 5.69 Å². The number of halogens is 1. The smallest absolute Gasteiger partial charge is 0.264 e. The van der Waals surface area contributed by atoms with E-state index < -0.39 is 0 Å². The largest absolute Gasteiger partial charge is 0.382 e. The summed E-state index contributed by atoms with van der Waals surface area (Å²) < 4.78 is 5.27. The maximum atomic E-state index is 12.8. The molecule has 2 aromatic rings. The summed E-state index contributed by atoms with van der Waals surface area (Å²) in [6.07, 6.45) is 2.56. The predicted octanol–water partition coefficient (Wildman–Crippen LogP) is 4.61. The third kappa shape index (κ3) is 5.21. The van der Waals surface area contributed by atoms with Gasteiger partial charge in [-0.25, -0.2) is 0 Å². The number of nitrogens with one attached hydrogen (secondary N) is 1. The van der Waals surface area contributed by atoms with Gasteiger partial charge in [0.15, 0.2) is 0 Å². The van der Waals surface area contributed by atoms with Gasteiger partial charge in [-0.1, -0.05) is 41.6 Å². The number of amides is 2. The summed E-state index contributed by atoms with van der Waals surface area (Å²) in [6, 6.07) is 12.8. The first-order valence-corrected chi connectivity index (χ1v) is 10.6. The second kappa shape index (κ2) is 9.96. The molecule has 3 rings (SSSR count). The Balaban J connectivity index is 1.76. The van der Waals surface area contributed by atoms with Gasteiger partial charge in [-0.3, -0.25) is 9.59 Å². The maximum Gasteiger partial charge on any atom is 0.264 e. The lowest BCUT2D eigenvalue weighted by Gasteiger charge is -2.27. The molecule has 0 spiro atoms. The third-order valence-electron chi connectivity index (χ3n) is 4.46. The van der Waals surface area contributed by atoms with Gasteiger partial charge < -0.3 is 15.0 Å². The molecular formula is C22H23ClN2O3S. The molecule has 0 saturated heterocycles. The van der Waals surface area contributed by atoms with E-state index in [1.54, 1.807) is 36.2 Å². The zero-order valence-corrected chi connectivity index (χ0v) is 18.0. The summed E-state index contributed by atoms with van der Waals surface area (Å²) in [7, 11) is 1.71. The first-order valence-electron chi connectivity index (χ1n) is 9.43. The Labute approximate surface area is 180 Å². The number of nitrogens with zero attached hydrogens (tertiary/aromatic N) is 1. The lowest BCUT2D eigenvalue weighted by atomic mass is 10.1. The van der Waals surface area contributed by atoms with Crippen molar-refractivity contribution in [3.8, 4) is 0 Å². The van der Waals surface area contributed by atoms with Gasteiger partial charge in [0, 0.05) is 42.3 Å². The Morgan fingerprint density at radius 3 is 2.83 bits per heavy atom. The molecule has 2 amide bonds. The SMILES string of the molecule is CCOCCCNC(=O)c1ccc2c(c1)N(C)C(=O)/C(=C/c1ccccc1Cl)S2. The van der Waals surface area contributed by atoms with E-state index in [-0.39, 0.29) is 11.8 Å². The molecule has 1 aliphatic heterocycles. The summed E-state index contributed by atoms with van der Waals surface area (Å²) in [6.45, 7) is 3.78. The zero-order valence-electron chi connectivity index (χ0n) is 16.4. The Morgan fingerprint density at radius 2 is 2.07 bits per heavy atom. The van der Waals surface area contributed by atoms with Gasteiger partial charge in [0.05, 0.1) is 10.6 Å². The number of rotatable bonds is 7. The summed E-state index contributed by atoms with van der Waals surface area (Å²) >= 11 is 7.60. The van der Waals surface area contributed by atoms with Crippen molar-refractivity contribution in [2.24, 2.45) is 0 Å². The number of carbonyl (C=O) groups excluding carboxylic acids is 2. The number of anilines is 1. The first kappa shape index (κ1) is 21.4. The van der Waals surface area contributed by atoms with Crippen LogP contribution in [-0.2, 0) is 9.53 Å². The molecule has 1 N–H and O–H groups in total. The fourth-order valence-corrected chi connectivity index (χ4v) is 4.16. The minimum Gasteiger partial charge on any atom is -0.382 e. The standard InChI is InChI=1S/C22H23ClN2O3S/c1-3-28-12-6-11-24-21(26)16-9-10-19-18(13-16)25(2)22(27)20(29-19)14-15-7-4-5-8-17(15)23/h4-5,7-10,13-14H,3,6,11-12H2,1-2H3,(H,24,26)/b20-14-. The molecule has 1 aliphatic rings. The molecule has 29 heavy (non-hydrogen) atoms. The number of benzene rings is 2. The molecule has 0 bridgehead atoms. The number of ether oxygens (including phenoxy) is 1. The number of fused-ring (bicyclic) bond motifs is 1. The summed E-state index contributed by atoms with van der Waals surface area (Å²) in [5.41, 5.74) is 2.04. The van der Waals surface area contributed by atoms with E-state index in [2.05, 4.69) is 5.32 Å². The zero-order chi connectivity index (χ0) is 20.8. The van der Waals surface area contributed by atoms with Crippen LogP contribution in [0.5, 0.6) is 0 Å².